The minimum absolute atomic E-state index is 0.0850. The third-order valence-corrected chi connectivity index (χ3v) is 1.93. The first-order valence-electron chi connectivity index (χ1n) is 4.36. The van der Waals surface area contributed by atoms with Crippen molar-refractivity contribution >= 4 is 5.91 Å². The number of amides is 1. The summed E-state index contributed by atoms with van der Waals surface area (Å²) in [6.07, 6.45) is 0. The molecule has 4 heteroatoms. The number of nitrogens with two attached hydrogens (primary N) is 1. The fourth-order valence-corrected chi connectivity index (χ4v) is 1.15. The lowest BCUT2D eigenvalue weighted by Gasteiger charge is -2.12. The second kappa shape index (κ2) is 4.72. The number of benzene rings is 1. The highest BCUT2D eigenvalue weighted by Gasteiger charge is 2.06. The van der Waals surface area contributed by atoms with Crippen LogP contribution in [0.25, 0.3) is 0 Å². The highest BCUT2D eigenvalue weighted by atomic mass is 19.1. The van der Waals surface area contributed by atoms with Crippen LogP contribution < -0.4 is 11.1 Å². The van der Waals surface area contributed by atoms with E-state index >= 15 is 0 Å². The molecule has 0 aromatic heterocycles. The van der Waals surface area contributed by atoms with Gasteiger partial charge in [0.15, 0.2) is 0 Å². The largest absolute Gasteiger partial charge is 0.369 e. The summed E-state index contributed by atoms with van der Waals surface area (Å²) in [4.78, 5) is 10.5. The summed E-state index contributed by atoms with van der Waals surface area (Å²) in [5, 5.41) is 2.88. The van der Waals surface area contributed by atoms with Crippen LogP contribution in [-0.2, 0) is 4.79 Å². The van der Waals surface area contributed by atoms with Gasteiger partial charge in [-0.3, -0.25) is 4.79 Å². The van der Waals surface area contributed by atoms with Crippen molar-refractivity contribution in [2.24, 2.45) is 5.73 Å². The summed E-state index contributed by atoms with van der Waals surface area (Å²) in [6.45, 7) is 1.94. The van der Waals surface area contributed by atoms with Crippen LogP contribution in [0.1, 0.15) is 18.5 Å². The summed E-state index contributed by atoms with van der Waals surface area (Å²) >= 11 is 0. The van der Waals surface area contributed by atoms with E-state index in [2.05, 4.69) is 5.32 Å². The van der Waals surface area contributed by atoms with E-state index in [1.54, 1.807) is 12.1 Å². The van der Waals surface area contributed by atoms with Crippen LogP contribution >= 0.6 is 0 Å². The molecule has 0 heterocycles. The first kappa shape index (κ1) is 10.7. The Morgan fingerprint density at radius 1 is 1.64 bits per heavy atom. The number of halogens is 1. The van der Waals surface area contributed by atoms with Crippen molar-refractivity contribution in [2.75, 3.05) is 6.54 Å². The van der Waals surface area contributed by atoms with Crippen molar-refractivity contribution in [3.8, 4) is 0 Å². The number of hydrogen-bond acceptors (Lipinski definition) is 2. The molecule has 1 aromatic rings. The van der Waals surface area contributed by atoms with Gasteiger partial charge in [0.2, 0.25) is 5.91 Å². The van der Waals surface area contributed by atoms with Gasteiger partial charge in [0, 0.05) is 6.04 Å². The van der Waals surface area contributed by atoms with Crippen molar-refractivity contribution < 1.29 is 9.18 Å². The second-order valence-corrected chi connectivity index (χ2v) is 3.12. The molecule has 3 N–H and O–H groups in total. The standard InChI is InChI=1S/C10H13FN2O/c1-7(13-6-10(12)14)8-3-2-4-9(11)5-8/h2-5,7,13H,6H2,1H3,(H2,12,14)/t7-/m1/s1. The van der Waals surface area contributed by atoms with Gasteiger partial charge in [-0.15, -0.1) is 0 Å². The second-order valence-electron chi connectivity index (χ2n) is 3.12. The maximum atomic E-state index is 12.8. The van der Waals surface area contributed by atoms with E-state index in [4.69, 9.17) is 5.73 Å². The van der Waals surface area contributed by atoms with Gasteiger partial charge in [-0.05, 0) is 24.6 Å². The molecule has 0 saturated carbocycles. The average molecular weight is 196 g/mol. The molecule has 0 aliphatic rings. The first-order chi connectivity index (χ1) is 6.59. The smallest absolute Gasteiger partial charge is 0.231 e. The van der Waals surface area contributed by atoms with E-state index in [9.17, 15) is 9.18 Å². The predicted molar refractivity (Wildman–Crippen MR) is 52.0 cm³/mol. The van der Waals surface area contributed by atoms with Crippen molar-refractivity contribution in [3.05, 3.63) is 35.6 Å². The Hall–Kier alpha value is -1.42. The van der Waals surface area contributed by atoms with Gasteiger partial charge in [0.1, 0.15) is 5.82 Å². The Kier molecular flexibility index (Phi) is 3.59. The van der Waals surface area contributed by atoms with E-state index in [1.165, 1.54) is 12.1 Å². The van der Waals surface area contributed by atoms with E-state index in [1.807, 2.05) is 6.92 Å². The molecule has 0 aliphatic carbocycles. The Bertz CT molecular complexity index is 328. The lowest BCUT2D eigenvalue weighted by molar-refractivity contribution is -0.117. The molecule has 3 nitrogen and oxygen atoms in total. The fraction of sp³-hybridized carbons (Fsp3) is 0.300. The number of hydrogen-bond donors (Lipinski definition) is 2. The molecule has 1 aromatic carbocycles. The molecule has 14 heavy (non-hydrogen) atoms. The molecule has 76 valence electrons. The summed E-state index contributed by atoms with van der Waals surface area (Å²) in [6, 6.07) is 6.15. The monoisotopic (exact) mass is 196 g/mol. The quantitative estimate of drug-likeness (QED) is 0.753. The van der Waals surface area contributed by atoms with Crippen molar-refractivity contribution in [3.63, 3.8) is 0 Å². The van der Waals surface area contributed by atoms with Crippen LogP contribution in [0.2, 0.25) is 0 Å². The van der Waals surface area contributed by atoms with Crippen LogP contribution in [0.3, 0.4) is 0 Å². The molecule has 0 aliphatic heterocycles. The number of rotatable bonds is 4. The molecule has 0 spiro atoms. The molecule has 0 unspecified atom stereocenters. The molecule has 1 amide bonds. The third-order valence-electron chi connectivity index (χ3n) is 1.93. The Labute approximate surface area is 82.1 Å². The SMILES string of the molecule is C[C@@H](NCC(N)=O)c1cccc(F)c1. The maximum absolute atomic E-state index is 12.8. The van der Waals surface area contributed by atoms with Gasteiger partial charge in [-0.1, -0.05) is 12.1 Å². The highest BCUT2D eigenvalue weighted by molar-refractivity contribution is 5.75. The van der Waals surface area contributed by atoms with Gasteiger partial charge in [-0.25, -0.2) is 4.39 Å². The molecular formula is C10H13FN2O. The number of nitrogens with one attached hydrogen (secondary N) is 1. The van der Waals surface area contributed by atoms with Crippen molar-refractivity contribution in [2.45, 2.75) is 13.0 Å². The number of primary amides is 1. The topological polar surface area (TPSA) is 55.1 Å². The van der Waals surface area contributed by atoms with E-state index in [0.29, 0.717) is 0 Å². The minimum atomic E-state index is -0.423. The van der Waals surface area contributed by atoms with Gasteiger partial charge in [-0.2, -0.15) is 0 Å². The fourth-order valence-electron chi connectivity index (χ4n) is 1.15. The maximum Gasteiger partial charge on any atom is 0.231 e. The normalized spacial score (nSPS) is 12.4. The van der Waals surface area contributed by atoms with Gasteiger partial charge >= 0.3 is 0 Å². The molecular weight excluding hydrogens is 183 g/mol. The molecule has 0 fully saturated rings. The van der Waals surface area contributed by atoms with Gasteiger partial charge < -0.3 is 11.1 Å². The third kappa shape index (κ3) is 3.14. The van der Waals surface area contributed by atoms with Gasteiger partial charge in [0.05, 0.1) is 6.54 Å². The zero-order chi connectivity index (χ0) is 10.6. The summed E-state index contributed by atoms with van der Waals surface area (Å²) < 4.78 is 12.8. The summed E-state index contributed by atoms with van der Waals surface area (Å²) in [5.74, 6) is -0.705. The highest BCUT2D eigenvalue weighted by Crippen LogP contribution is 2.12. The van der Waals surface area contributed by atoms with Crippen molar-refractivity contribution in [1.82, 2.24) is 5.32 Å². The molecule has 0 bridgehead atoms. The Morgan fingerprint density at radius 2 is 2.36 bits per heavy atom. The van der Waals surface area contributed by atoms with Gasteiger partial charge in [0.25, 0.3) is 0 Å². The first-order valence-corrected chi connectivity index (χ1v) is 4.36. The van der Waals surface area contributed by atoms with Crippen LogP contribution in [0.4, 0.5) is 4.39 Å². The summed E-state index contributed by atoms with van der Waals surface area (Å²) in [5.41, 5.74) is 5.77. The number of carbonyl (C=O) groups is 1. The minimum Gasteiger partial charge on any atom is -0.369 e. The molecule has 0 radical (unpaired) electrons. The lowest BCUT2D eigenvalue weighted by Crippen LogP contribution is -2.30. The average Bonchev–Trinajstić information content (AvgIpc) is 2.14. The Morgan fingerprint density at radius 3 is 2.93 bits per heavy atom. The molecule has 1 rings (SSSR count). The molecule has 0 saturated heterocycles. The van der Waals surface area contributed by atoms with Crippen molar-refractivity contribution in [1.29, 1.82) is 0 Å². The molecule has 1 atom stereocenters. The van der Waals surface area contributed by atoms with E-state index in [0.717, 1.165) is 5.56 Å². The van der Waals surface area contributed by atoms with E-state index in [-0.39, 0.29) is 18.4 Å². The zero-order valence-electron chi connectivity index (χ0n) is 7.96. The number of carbonyl (C=O) groups excluding carboxylic acids is 1. The van der Waals surface area contributed by atoms with Crippen LogP contribution in [-0.4, -0.2) is 12.5 Å². The van der Waals surface area contributed by atoms with Crippen LogP contribution in [0.5, 0.6) is 0 Å². The Balaban J connectivity index is 2.60. The van der Waals surface area contributed by atoms with Crippen LogP contribution in [0.15, 0.2) is 24.3 Å². The van der Waals surface area contributed by atoms with E-state index < -0.39 is 5.91 Å². The van der Waals surface area contributed by atoms with Crippen LogP contribution in [0, 0.1) is 5.82 Å². The zero-order valence-corrected chi connectivity index (χ0v) is 7.96. The summed E-state index contributed by atoms with van der Waals surface area (Å²) in [7, 11) is 0. The lowest BCUT2D eigenvalue weighted by atomic mass is 10.1. The predicted octanol–water partition coefficient (Wildman–Crippen LogP) is 0.962.